The molecule has 0 aliphatic carbocycles. The summed E-state index contributed by atoms with van der Waals surface area (Å²) in [5.74, 6) is 0. The van der Waals surface area contributed by atoms with Gasteiger partial charge in [-0.2, -0.15) is 0 Å². The van der Waals surface area contributed by atoms with Gasteiger partial charge in [-0.15, -0.1) is 0 Å². The number of rotatable bonds is 5. The molecule has 16 heavy (non-hydrogen) atoms. The van der Waals surface area contributed by atoms with Gasteiger partial charge >= 0.3 is 0 Å². The van der Waals surface area contributed by atoms with E-state index in [1.807, 2.05) is 0 Å². The van der Waals surface area contributed by atoms with Crippen LogP contribution < -0.4 is 5.73 Å². The fraction of sp³-hybridized carbons (Fsp3) is 0.571. The van der Waals surface area contributed by atoms with E-state index in [0.717, 1.165) is 6.54 Å². The molecule has 2 N–H and O–H groups in total. The molecule has 1 saturated heterocycles. The van der Waals surface area contributed by atoms with Crippen LogP contribution in [0.3, 0.4) is 0 Å². The highest BCUT2D eigenvalue weighted by Crippen LogP contribution is 2.16. The first-order valence-electron chi connectivity index (χ1n) is 6.38. The second-order valence-electron chi connectivity index (χ2n) is 4.66. The van der Waals surface area contributed by atoms with Crippen molar-refractivity contribution in [2.45, 2.75) is 31.7 Å². The predicted molar refractivity (Wildman–Crippen MR) is 68.4 cm³/mol. The Morgan fingerprint density at radius 1 is 1.25 bits per heavy atom. The van der Waals surface area contributed by atoms with E-state index in [2.05, 4.69) is 35.2 Å². The van der Waals surface area contributed by atoms with Crippen molar-refractivity contribution >= 4 is 0 Å². The molecule has 1 fully saturated rings. The zero-order valence-electron chi connectivity index (χ0n) is 9.94. The lowest BCUT2D eigenvalue weighted by Gasteiger charge is -2.22. The molecule has 2 nitrogen and oxygen atoms in total. The smallest absolute Gasteiger partial charge is 0.0218 e. The molecule has 1 aliphatic heterocycles. The number of hydrogen-bond donors (Lipinski definition) is 1. The van der Waals surface area contributed by atoms with Crippen LogP contribution in [0.2, 0.25) is 0 Å². The van der Waals surface area contributed by atoms with Crippen molar-refractivity contribution in [3.63, 3.8) is 0 Å². The topological polar surface area (TPSA) is 29.3 Å². The third-order valence-electron chi connectivity index (χ3n) is 3.52. The first-order chi connectivity index (χ1) is 7.90. The summed E-state index contributed by atoms with van der Waals surface area (Å²) in [5.41, 5.74) is 7.22. The standard InChI is InChI=1S/C14H22N2/c15-12-14-9-5-11-16(14)10-4-8-13-6-2-1-3-7-13/h1-3,6-7,14H,4-5,8-12,15H2. The van der Waals surface area contributed by atoms with Gasteiger partial charge in [0.2, 0.25) is 0 Å². The summed E-state index contributed by atoms with van der Waals surface area (Å²) in [6, 6.07) is 11.4. The van der Waals surface area contributed by atoms with E-state index in [1.165, 1.54) is 44.3 Å². The third kappa shape index (κ3) is 3.06. The summed E-state index contributed by atoms with van der Waals surface area (Å²) in [6.07, 6.45) is 5.06. The van der Waals surface area contributed by atoms with Crippen molar-refractivity contribution < 1.29 is 0 Å². The van der Waals surface area contributed by atoms with Crippen molar-refractivity contribution in [3.8, 4) is 0 Å². The first kappa shape index (κ1) is 11.6. The maximum atomic E-state index is 5.77. The zero-order chi connectivity index (χ0) is 11.2. The number of hydrogen-bond acceptors (Lipinski definition) is 2. The van der Waals surface area contributed by atoms with Crippen molar-refractivity contribution in [2.75, 3.05) is 19.6 Å². The van der Waals surface area contributed by atoms with Gasteiger partial charge in [0.1, 0.15) is 0 Å². The summed E-state index contributed by atoms with van der Waals surface area (Å²) >= 11 is 0. The molecule has 0 spiro atoms. The summed E-state index contributed by atoms with van der Waals surface area (Å²) < 4.78 is 0. The lowest BCUT2D eigenvalue weighted by atomic mass is 10.1. The molecule has 1 aromatic rings. The quantitative estimate of drug-likeness (QED) is 0.819. The second kappa shape index (κ2) is 6.02. The first-order valence-corrected chi connectivity index (χ1v) is 6.38. The highest BCUT2D eigenvalue weighted by Gasteiger charge is 2.21. The molecular formula is C14H22N2. The Kier molecular flexibility index (Phi) is 4.37. The van der Waals surface area contributed by atoms with Gasteiger partial charge in [-0.3, -0.25) is 4.90 Å². The lowest BCUT2D eigenvalue weighted by Crippen LogP contribution is -2.36. The fourth-order valence-electron chi connectivity index (χ4n) is 2.59. The third-order valence-corrected chi connectivity index (χ3v) is 3.52. The molecule has 1 aliphatic rings. The molecule has 0 radical (unpaired) electrons. The Labute approximate surface area is 98.4 Å². The fourth-order valence-corrected chi connectivity index (χ4v) is 2.59. The number of nitrogens with two attached hydrogens (primary N) is 1. The Balaban J connectivity index is 1.72. The minimum Gasteiger partial charge on any atom is -0.329 e. The van der Waals surface area contributed by atoms with Crippen molar-refractivity contribution in [3.05, 3.63) is 35.9 Å². The molecule has 1 atom stereocenters. The highest BCUT2D eigenvalue weighted by molar-refractivity contribution is 5.14. The number of nitrogens with zero attached hydrogens (tertiary/aromatic N) is 1. The largest absolute Gasteiger partial charge is 0.329 e. The van der Waals surface area contributed by atoms with Gasteiger partial charge < -0.3 is 5.73 Å². The van der Waals surface area contributed by atoms with E-state index >= 15 is 0 Å². The minimum atomic E-state index is 0.649. The van der Waals surface area contributed by atoms with E-state index in [4.69, 9.17) is 5.73 Å². The van der Waals surface area contributed by atoms with Gasteiger partial charge in [0.05, 0.1) is 0 Å². The molecule has 2 heteroatoms. The molecule has 0 amide bonds. The second-order valence-corrected chi connectivity index (χ2v) is 4.66. The van der Waals surface area contributed by atoms with Crippen LogP contribution in [0.1, 0.15) is 24.8 Å². The average Bonchev–Trinajstić information content (AvgIpc) is 2.78. The van der Waals surface area contributed by atoms with Gasteiger partial charge in [-0.05, 0) is 44.3 Å². The molecule has 1 heterocycles. The number of likely N-dealkylation sites (tertiary alicyclic amines) is 1. The number of benzene rings is 1. The van der Waals surface area contributed by atoms with Crippen molar-refractivity contribution in [2.24, 2.45) is 5.73 Å². The van der Waals surface area contributed by atoms with Crippen molar-refractivity contribution in [1.29, 1.82) is 0 Å². The van der Waals surface area contributed by atoms with Gasteiger partial charge in [0, 0.05) is 12.6 Å². The van der Waals surface area contributed by atoms with Crippen molar-refractivity contribution in [1.82, 2.24) is 4.90 Å². The molecule has 0 aromatic heterocycles. The molecule has 0 saturated carbocycles. The maximum Gasteiger partial charge on any atom is 0.0218 e. The summed E-state index contributed by atoms with van der Waals surface area (Å²) in [4.78, 5) is 2.56. The molecule has 1 unspecified atom stereocenters. The van der Waals surface area contributed by atoms with Crippen LogP contribution in [0.5, 0.6) is 0 Å². The Hall–Kier alpha value is -0.860. The van der Waals surface area contributed by atoms with E-state index in [1.54, 1.807) is 0 Å². The van der Waals surface area contributed by atoms with Crippen LogP contribution in [0.4, 0.5) is 0 Å². The van der Waals surface area contributed by atoms with Gasteiger partial charge in [0.25, 0.3) is 0 Å². The van der Waals surface area contributed by atoms with E-state index in [-0.39, 0.29) is 0 Å². The van der Waals surface area contributed by atoms with Crippen LogP contribution in [0, 0.1) is 0 Å². The monoisotopic (exact) mass is 218 g/mol. The van der Waals surface area contributed by atoms with Crippen LogP contribution in [-0.2, 0) is 6.42 Å². The normalized spacial score (nSPS) is 21.4. The van der Waals surface area contributed by atoms with Crippen LogP contribution in [0.15, 0.2) is 30.3 Å². The number of aryl methyl sites for hydroxylation is 1. The van der Waals surface area contributed by atoms with Gasteiger partial charge in [-0.1, -0.05) is 30.3 Å². The lowest BCUT2D eigenvalue weighted by molar-refractivity contribution is 0.256. The highest BCUT2D eigenvalue weighted by atomic mass is 15.2. The minimum absolute atomic E-state index is 0.649. The van der Waals surface area contributed by atoms with Crippen LogP contribution in [0.25, 0.3) is 0 Å². The van der Waals surface area contributed by atoms with Crippen LogP contribution in [-0.4, -0.2) is 30.6 Å². The van der Waals surface area contributed by atoms with Crippen LogP contribution >= 0.6 is 0 Å². The molecule has 88 valence electrons. The maximum absolute atomic E-state index is 5.77. The molecule has 0 bridgehead atoms. The average molecular weight is 218 g/mol. The van der Waals surface area contributed by atoms with E-state index < -0.39 is 0 Å². The van der Waals surface area contributed by atoms with Gasteiger partial charge in [0.15, 0.2) is 0 Å². The molecule has 1 aromatic carbocycles. The molecular weight excluding hydrogens is 196 g/mol. The Morgan fingerprint density at radius 3 is 2.81 bits per heavy atom. The van der Waals surface area contributed by atoms with E-state index in [0.29, 0.717) is 6.04 Å². The summed E-state index contributed by atoms with van der Waals surface area (Å²) in [7, 11) is 0. The zero-order valence-corrected chi connectivity index (χ0v) is 9.94. The summed E-state index contributed by atoms with van der Waals surface area (Å²) in [6.45, 7) is 3.28. The Morgan fingerprint density at radius 2 is 2.06 bits per heavy atom. The van der Waals surface area contributed by atoms with E-state index in [9.17, 15) is 0 Å². The summed E-state index contributed by atoms with van der Waals surface area (Å²) in [5, 5.41) is 0. The SMILES string of the molecule is NCC1CCCN1CCCc1ccccc1. The molecule has 2 rings (SSSR count). The Bertz CT molecular complexity index is 297. The van der Waals surface area contributed by atoms with Gasteiger partial charge in [-0.25, -0.2) is 0 Å². The predicted octanol–water partition coefficient (Wildman–Crippen LogP) is 2.04.